The molecule has 1 aliphatic rings. The number of nitrogens with two attached hydrogens (primary N) is 2. The number of alkyl halides is 3. The molecule has 1 unspecified atom stereocenters. The lowest BCUT2D eigenvalue weighted by Crippen LogP contribution is -2.62. The van der Waals surface area contributed by atoms with Gasteiger partial charge in [-0.2, -0.15) is 13.2 Å². The lowest BCUT2D eigenvalue weighted by molar-refractivity contribution is -0.136. The number of benzene rings is 1. The zero-order chi connectivity index (χ0) is 53.1. The number of nitrogens with zero attached hydrogens (tertiary/aromatic N) is 2. The van der Waals surface area contributed by atoms with E-state index >= 15 is 0 Å². The fourth-order valence-corrected chi connectivity index (χ4v) is 7.44. The monoisotopic (exact) mass is 1020 g/mol. The number of carbonyl (C=O) groups excluding carboxylic acids is 8. The van der Waals surface area contributed by atoms with Crippen LogP contribution in [0, 0.1) is 5.92 Å². The van der Waals surface area contributed by atoms with E-state index in [1.54, 1.807) is 13.8 Å². The van der Waals surface area contributed by atoms with Crippen LogP contribution in [-0.4, -0.2) is 155 Å². The van der Waals surface area contributed by atoms with Crippen molar-refractivity contribution >= 4 is 64.4 Å². The van der Waals surface area contributed by atoms with Crippen LogP contribution in [0.4, 0.5) is 18.9 Å². The lowest BCUT2D eigenvalue weighted by Gasteiger charge is -2.35. The molecule has 1 fully saturated rings. The van der Waals surface area contributed by atoms with Crippen LogP contribution in [0.3, 0.4) is 0 Å². The fourth-order valence-electron chi connectivity index (χ4n) is 7.44. The van der Waals surface area contributed by atoms with Crippen LogP contribution in [0.25, 0.3) is 11.0 Å². The Hall–Kier alpha value is -7.01. The number of anilines is 1. The molecule has 14 N–H and O–H groups in total. The first-order valence-electron chi connectivity index (χ1n) is 22.9. The molecule has 3 aromatic rings. The van der Waals surface area contributed by atoms with E-state index in [0.29, 0.717) is 18.5 Å². The number of carbonyl (C=O) groups is 8. The van der Waals surface area contributed by atoms with Crippen molar-refractivity contribution in [2.45, 2.75) is 107 Å². The maximum atomic E-state index is 14.0. The Balaban J connectivity index is 1.48. The van der Waals surface area contributed by atoms with Crippen molar-refractivity contribution in [2.24, 2.45) is 17.4 Å². The Labute approximate surface area is 409 Å². The minimum absolute atomic E-state index is 0.0101. The molecule has 1 aliphatic heterocycles. The summed E-state index contributed by atoms with van der Waals surface area (Å²) in [5, 5.41) is 37.5. The Morgan fingerprint density at radius 3 is 2.03 bits per heavy atom. The Kier molecular flexibility index (Phi) is 22.0. The summed E-state index contributed by atoms with van der Waals surface area (Å²) in [6.07, 6.45) is -2.48. The number of rotatable bonds is 28. The quantitative estimate of drug-likeness (QED) is 0.0201. The van der Waals surface area contributed by atoms with E-state index < -0.39 is 132 Å². The SMILES string of the molecule is CC(C)C[C@H](NC(=O)[C@H](CCCCN)NC(=O)[C@H](CO)NC(=O)[C@H](CO)NC(=O)[C@H](Cc1cnc[nH]1)NC1COCCN1C=O)C(=O)N[C@@H](CCC(N)=O)C(=O)Nc1ccc2c(C(F)(F)F)cc(=O)oc2c1. The third-order valence-electron chi connectivity index (χ3n) is 11.2. The van der Waals surface area contributed by atoms with E-state index in [1.807, 2.05) is 0 Å². The van der Waals surface area contributed by atoms with Gasteiger partial charge in [0.1, 0.15) is 42.0 Å². The first-order chi connectivity index (χ1) is 34.2. The highest BCUT2D eigenvalue weighted by Crippen LogP contribution is 2.34. The van der Waals surface area contributed by atoms with Crippen LogP contribution in [-0.2, 0) is 55.7 Å². The fraction of sp³-hybridized carbons (Fsp3) is 0.545. The van der Waals surface area contributed by atoms with Gasteiger partial charge < -0.3 is 72.6 Å². The highest BCUT2D eigenvalue weighted by molar-refractivity contribution is 6.00. The molecule has 0 aliphatic carbocycles. The zero-order valence-electron chi connectivity index (χ0n) is 39.4. The van der Waals surface area contributed by atoms with Crippen molar-refractivity contribution in [3.05, 3.63) is 58.5 Å². The maximum Gasteiger partial charge on any atom is 0.417 e. The highest BCUT2D eigenvalue weighted by atomic mass is 19.4. The van der Waals surface area contributed by atoms with Gasteiger partial charge in [0, 0.05) is 54.5 Å². The van der Waals surface area contributed by atoms with Gasteiger partial charge in [0.25, 0.3) is 0 Å². The molecule has 2 aromatic heterocycles. The van der Waals surface area contributed by atoms with E-state index in [0.717, 1.165) is 18.2 Å². The van der Waals surface area contributed by atoms with Crippen LogP contribution < -0.4 is 54.3 Å². The molecule has 1 saturated heterocycles. The topological polar surface area (TPSA) is 385 Å². The summed E-state index contributed by atoms with van der Waals surface area (Å²) in [4.78, 5) is 126. The van der Waals surface area contributed by atoms with Gasteiger partial charge in [0.2, 0.25) is 47.8 Å². The van der Waals surface area contributed by atoms with Crippen molar-refractivity contribution in [1.29, 1.82) is 0 Å². The first kappa shape index (κ1) is 57.6. The second-order valence-corrected chi connectivity index (χ2v) is 17.2. The second kappa shape index (κ2) is 27.6. The van der Waals surface area contributed by atoms with Gasteiger partial charge in [-0.05, 0) is 56.7 Å². The number of fused-ring (bicyclic) bond motifs is 1. The molecule has 7 atom stereocenters. The number of aliphatic hydroxyl groups excluding tert-OH is 2. The van der Waals surface area contributed by atoms with Crippen molar-refractivity contribution in [3.8, 4) is 0 Å². The van der Waals surface area contributed by atoms with Gasteiger partial charge in [0.15, 0.2) is 0 Å². The number of imidazole rings is 1. The van der Waals surface area contributed by atoms with Gasteiger partial charge in [0.05, 0.1) is 44.4 Å². The molecule has 0 spiro atoms. The summed E-state index contributed by atoms with van der Waals surface area (Å²) in [5.74, 6) is -6.93. The molecule has 0 saturated carbocycles. The number of aliphatic hydroxyl groups is 2. The number of halogens is 3. The number of hydrogen-bond acceptors (Lipinski definition) is 16. The summed E-state index contributed by atoms with van der Waals surface area (Å²) in [5.41, 5.74) is 8.27. The standard InChI is InChI=1S/C44H61F3N12O13/c1-23(2)13-30(40(67)55-29(8-9-35(49)63)38(65)52-24-6-7-26-27(44(45,46)47)16-37(64)72-34(26)15-24)56-39(66)28(5-3-4-10-48)54-42(69)32(18-60)58-43(70)33(19-61)57-41(68)31(14-25-17-50-21-51-25)53-36-20-71-12-11-59(36)22-62/h6-7,15-17,21-23,28-33,36,53,60-61H,3-5,8-14,18-20,48H2,1-2H3,(H2,49,63)(H,50,51)(H,52,65)(H,54,69)(H,55,67)(H,56,66)(H,57,68)(H,58,70)/t28-,29-,30-,31-,32-,33-,36?/m0/s1. The van der Waals surface area contributed by atoms with Crippen LogP contribution in [0.1, 0.15) is 63.6 Å². The van der Waals surface area contributed by atoms with E-state index in [1.165, 1.54) is 17.4 Å². The van der Waals surface area contributed by atoms with E-state index in [9.17, 15) is 66.5 Å². The number of morpholine rings is 1. The van der Waals surface area contributed by atoms with Gasteiger partial charge >= 0.3 is 11.8 Å². The predicted octanol–water partition coefficient (Wildman–Crippen LogP) is -2.66. The molecular weight excluding hydrogens is 962 g/mol. The van der Waals surface area contributed by atoms with Crippen LogP contribution in [0.15, 0.2) is 46.0 Å². The Morgan fingerprint density at radius 1 is 0.861 bits per heavy atom. The predicted molar refractivity (Wildman–Crippen MR) is 247 cm³/mol. The van der Waals surface area contributed by atoms with Gasteiger partial charge in [-0.1, -0.05) is 13.8 Å². The zero-order valence-corrected chi connectivity index (χ0v) is 39.4. The largest absolute Gasteiger partial charge is 0.423 e. The Bertz CT molecular complexity index is 2410. The van der Waals surface area contributed by atoms with Crippen LogP contribution >= 0.6 is 0 Å². The smallest absolute Gasteiger partial charge is 0.417 e. The summed E-state index contributed by atoms with van der Waals surface area (Å²) < 4.78 is 51.3. The third kappa shape index (κ3) is 17.4. The molecule has 0 radical (unpaired) electrons. The number of primary amides is 1. The number of aromatic amines is 1. The lowest BCUT2D eigenvalue weighted by atomic mass is 10.0. The van der Waals surface area contributed by atoms with E-state index in [2.05, 4.69) is 47.2 Å². The van der Waals surface area contributed by atoms with Crippen molar-refractivity contribution < 1.29 is 70.9 Å². The molecule has 3 heterocycles. The summed E-state index contributed by atoms with van der Waals surface area (Å²) in [7, 11) is 0. The minimum Gasteiger partial charge on any atom is -0.423 e. The molecule has 0 bridgehead atoms. The second-order valence-electron chi connectivity index (χ2n) is 17.2. The number of amides is 8. The summed E-state index contributed by atoms with van der Waals surface area (Å²) >= 11 is 0. The van der Waals surface area contributed by atoms with Gasteiger partial charge in [-0.25, -0.2) is 9.78 Å². The first-order valence-corrected chi connectivity index (χ1v) is 22.9. The van der Waals surface area contributed by atoms with Crippen molar-refractivity contribution in [1.82, 2.24) is 46.8 Å². The highest BCUT2D eigenvalue weighted by Gasteiger charge is 2.36. The molecule has 396 valence electrons. The maximum absolute atomic E-state index is 14.0. The average Bonchev–Trinajstić information content (AvgIpc) is 3.85. The molecule has 72 heavy (non-hydrogen) atoms. The number of H-pyrrole nitrogens is 1. The van der Waals surface area contributed by atoms with Crippen molar-refractivity contribution in [3.63, 3.8) is 0 Å². The molecule has 8 amide bonds. The summed E-state index contributed by atoms with van der Waals surface area (Å²) in [6, 6.07) is -5.59. The Morgan fingerprint density at radius 2 is 1.46 bits per heavy atom. The van der Waals surface area contributed by atoms with Crippen LogP contribution in [0.2, 0.25) is 0 Å². The van der Waals surface area contributed by atoms with Crippen molar-refractivity contribution in [2.75, 3.05) is 44.8 Å². The van der Waals surface area contributed by atoms with E-state index in [4.69, 9.17) is 20.6 Å². The third-order valence-corrected chi connectivity index (χ3v) is 11.2. The number of nitrogens with one attached hydrogen (secondary N) is 8. The number of ether oxygens (including phenoxy) is 1. The molecule has 25 nitrogen and oxygen atoms in total. The van der Waals surface area contributed by atoms with Gasteiger partial charge in [-0.15, -0.1) is 0 Å². The average molecular weight is 1020 g/mol. The van der Waals surface area contributed by atoms with E-state index in [-0.39, 0.29) is 76.1 Å². The number of hydrogen-bond donors (Lipinski definition) is 12. The van der Waals surface area contributed by atoms with Crippen LogP contribution in [0.5, 0.6) is 0 Å². The molecule has 28 heteroatoms. The summed E-state index contributed by atoms with van der Waals surface area (Å²) in [6.45, 7) is 2.18. The molecule has 4 rings (SSSR count). The molecule has 1 aromatic carbocycles. The number of unbranched alkanes of at least 4 members (excludes halogenated alkanes) is 1. The number of aromatic nitrogens is 2. The van der Waals surface area contributed by atoms with Gasteiger partial charge in [-0.3, -0.25) is 43.7 Å². The minimum atomic E-state index is -4.91. The molecular formula is C44H61F3N12O13. The normalized spacial score (nSPS) is 16.3.